The van der Waals surface area contributed by atoms with Gasteiger partial charge in [-0.25, -0.2) is 15.0 Å². The Morgan fingerprint density at radius 2 is 2.00 bits per heavy atom. The number of aromatic nitrogens is 5. The molecule has 0 aromatic carbocycles. The number of piperidine rings is 1. The minimum absolute atomic E-state index is 0.0158. The molecule has 1 saturated heterocycles. The Labute approximate surface area is 151 Å². The van der Waals surface area contributed by atoms with Gasteiger partial charge in [0.25, 0.3) is 5.91 Å². The topological polar surface area (TPSA) is 80.0 Å². The lowest BCUT2D eigenvalue weighted by molar-refractivity contribution is 0.0699. The number of carbonyl (C=O) groups excluding carboxylic acids is 1. The van der Waals surface area contributed by atoms with E-state index in [1.165, 1.54) is 0 Å². The van der Waals surface area contributed by atoms with Crippen molar-refractivity contribution in [2.45, 2.75) is 18.9 Å². The summed E-state index contributed by atoms with van der Waals surface area (Å²) in [6.07, 6.45) is 10.2. The van der Waals surface area contributed by atoms with Crippen LogP contribution in [0.5, 0.6) is 0 Å². The van der Waals surface area contributed by atoms with Gasteiger partial charge < -0.3 is 14.4 Å². The Morgan fingerprint density at radius 1 is 1.19 bits per heavy atom. The van der Waals surface area contributed by atoms with Crippen molar-refractivity contribution in [2.75, 3.05) is 25.0 Å². The molecular weight excluding hydrogens is 330 g/mol. The maximum Gasteiger partial charge on any atom is 0.272 e. The van der Waals surface area contributed by atoms with E-state index < -0.39 is 0 Å². The molecule has 0 bridgehead atoms. The van der Waals surface area contributed by atoms with Crippen LogP contribution in [-0.2, 0) is 7.05 Å². The maximum atomic E-state index is 12.7. The lowest BCUT2D eigenvalue weighted by Gasteiger charge is -2.37. The van der Waals surface area contributed by atoms with Crippen LogP contribution in [0.4, 0.5) is 5.82 Å². The van der Waals surface area contributed by atoms with E-state index >= 15 is 0 Å². The monoisotopic (exact) mass is 351 g/mol. The highest BCUT2D eigenvalue weighted by Gasteiger charge is 2.28. The van der Waals surface area contributed by atoms with Crippen LogP contribution in [0, 0.1) is 0 Å². The van der Waals surface area contributed by atoms with Crippen LogP contribution in [0.1, 0.15) is 23.3 Å². The van der Waals surface area contributed by atoms with Crippen LogP contribution in [0.3, 0.4) is 0 Å². The van der Waals surface area contributed by atoms with Gasteiger partial charge in [-0.3, -0.25) is 9.78 Å². The minimum Gasteiger partial charge on any atom is -0.356 e. The number of imidazole rings is 1. The highest BCUT2D eigenvalue weighted by Crippen LogP contribution is 2.26. The number of hydrogen-bond acceptors (Lipinski definition) is 6. The number of amides is 1. The smallest absolute Gasteiger partial charge is 0.272 e. The van der Waals surface area contributed by atoms with Gasteiger partial charge in [0.2, 0.25) is 0 Å². The summed E-state index contributed by atoms with van der Waals surface area (Å²) in [4.78, 5) is 33.7. The number of carbonyl (C=O) groups is 1. The number of anilines is 1. The molecule has 0 aliphatic carbocycles. The van der Waals surface area contributed by atoms with Crippen molar-refractivity contribution in [1.82, 2.24) is 29.4 Å². The van der Waals surface area contributed by atoms with Crippen molar-refractivity contribution >= 4 is 22.6 Å². The van der Waals surface area contributed by atoms with Crippen LogP contribution < -0.4 is 4.90 Å². The van der Waals surface area contributed by atoms with Gasteiger partial charge in [0, 0.05) is 44.8 Å². The van der Waals surface area contributed by atoms with Crippen molar-refractivity contribution in [3.05, 3.63) is 43.0 Å². The summed E-state index contributed by atoms with van der Waals surface area (Å²) in [6.45, 7) is 1.70. The molecule has 8 nitrogen and oxygen atoms in total. The maximum absolute atomic E-state index is 12.7. The third-order valence-electron chi connectivity index (χ3n) is 5.09. The molecule has 134 valence electrons. The fourth-order valence-electron chi connectivity index (χ4n) is 3.52. The predicted octanol–water partition coefficient (Wildman–Crippen LogP) is 1.50. The molecule has 3 aromatic heterocycles. The first-order valence-electron chi connectivity index (χ1n) is 8.68. The van der Waals surface area contributed by atoms with Gasteiger partial charge in [0.05, 0.1) is 24.2 Å². The third-order valence-corrected chi connectivity index (χ3v) is 5.09. The summed E-state index contributed by atoms with van der Waals surface area (Å²) >= 11 is 0. The van der Waals surface area contributed by atoms with Gasteiger partial charge >= 0.3 is 0 Å². The lowest BCUT2D eigenvalue weighted by atomic mass is 10.0. The van der Waals surface area contributed by atoms with Crippen LogP contribution >= 0.6 is 0 Å². The van der Waals surface area contributed by atoms with Gasteiger partial charge in [-0.15, -0.1) is 0 Å². The average Bonchev–Trinajstić information content (AvgIpc) is 3.12. The second-order valence-electron chi connectivity index (χ2n) is 6.61. The SMILES string of the molecule is CN(C(=O)c1cncn1C)C1CCN(c2ncnc3cnccc23)CC1. The van der Waals surface area contributed by atoms with E-state index in [-0.39, 0.29) is 11.9 Å². The molecule has 0 atom stereocenters. The fraction of sp³-hybridized carbons (Fsp3) is 0.389. The van der Waals surface area contributed by atoms with Crippen molar-refractivity contribution in [3.63, 3.8) is 0 Å². The summed E-state index contributed by atoms with van der Waals surface area (Å²) in [5.41, 5.74) is 1.47. The molecular formula is C18H21N7O. The first kappa shape index (κ1) is 16.4. The highest BCUT2D eigenvalue weighted by molar-refractivity contribution is 5.92. The Bertz CT molecular complexity index is 925. The van der Waals surface area contributed by atoms with Gasteiger partial charge in [-0.05, 0) is 18.9 Å². The van der Waals surface area contributed by atoms with E-state index in [9.17, 15) is 4.79 Å². The molecule has 1 aliphatic heterocycles. The lowest BCUT2D eigenvalue weighted by Crippen LogP contribution is -2.46. The summed E-state index contributed by atoms with van der Waals surface area (Å²) < 4.78 is 1.76. The zero-order valence-electron chi connectivity index (χ0n) is 14.9. The second-order valence-corrected chi connectivity index (χ2v) is 6.61. The molecule has 1 aliphatic rings. The van der Waals surface area contributed by atoms with Crippen molar-refractivity contribution < 1.29 is 4.79 Å². The zero-order chi connectivity index (χ0) is 18.1. The van der Waals surface area contributed by atoms with E-state index in [0.29, 0.717) is 5.69 Å². The van der Waals surface area contributed by atoms with E-state index in [0.717, 1.165) is 42.7 Å². The van der Waals surface area contributed by atoms with Gasteiger partial charge in [-0.2, -0.15) is 0 Å². The number of fused-ring (bicyclic) bond motifs is 1. The number of hydrogen-bond donors (Lipinski definition) is 0. The number of nitrogens with zero attached hydrogens (tertiary/aromatic N) is 7. The van der Waals surface area contributed by atoms with Crippen LogP contribution in [-0.4, -0.2) is 61.5 Å². The van der Waals surface area contributed by atoms with Crippen LogP contribution in [0.2, 0.25) is 0 Å². The Kier molecular flexibility index (Phi) is 4.24. The first-order chi connectivity index (χ1) is 12.6. The summed E-state index contributed by atoms with van der Waals surface area (Å²) in [5, 5.41) is 1.01. The van der Waals surface area contributed by atoms with Gasteiger partial charge in [0.1, 0.15) is 17.8 Å². The third kappa shape index (κ3) is 2.87. The van der Waals surface area contributed by atoms with Gasteiger partial charge in [0.15, 0.2) is 0 Å². The minimum atomic E-state index is 0.0158. The van der Waals surface area contributed by atoms with Crippen LogP contribution in [0.15, 0.2) is 37.3 Å². The molecule has 0 N–H and O–H groups in total. The predicted molar refractivity (Wildman–Crippen MR) is 97.9 cm³/mol. The normalized spacial score (nSPS) is 15.4. The number of rotatable bonds is 3. The van der Waals surface area contributed by atoms with Gasteiger partial charge in [-0.1, -0.05) is 0 Å². The van der Waals surface area contributed by atoms with Crippen molar-refractivity contribution in [1.29, 1.82) is 0 Å². The van der Waals surface area contributed by atoms with Crippen LogP contribution in [0.25, 0.3) is 10.9 Å². The molecule has 0 spiro atoms. The van der Waals surface area contributed by atoms with E-state index in [2.05, 4.69) is 24.8 Å². The molecule has 0 saturated carbocycles. The molecule has 1 amide bonds. The molecule has 1 fully saturated rings. The quantitative estimate of drug-likeness (QED) is 0.711. The summed E-state index contributed by atoms with van der Waals surface area (Å²) in [6, 6.07) is 2.16. The molecule has 26 heavy (non-hydrogen) atoms. The molecule has 8 heteroatoms. The fourth-order valence-corrected chi connectivity index (χ4v) is 3.52. The summed E-state index contributed by atoms with van der Waals surface area (Å²) in [7, 11) is 3.72. The molecule has 4 rings (SSSR count). The van der Waals surface area contributed by atoms with Crippen molar-refractivity contribution in [2.24, 2.45) is 7.05 Å². The average molecular weight is 351 g/mol. The van der Waals surface area contributed by atoms with E-state index in [1.807, 2.05) is 25.1 Å². The molecule has 0 unspecified atom stereocenters. The largest absolute Gasteiger partial charge is 0.356 e. The van der Waals surface area contributed by atoms with E-state index in [4.69, 9.17) is 0 Å². The Hall–Kier alpha value is -3.03. The van der Waals surface area contributed by atoms with E-state index in [1.54, 1.807) is 35.8 Å². The Balaban J connectivity index is 1.47. The molecule has 4 heterocycles. The second kappa shape index (κ2) is 6.70. The summed E-state index contributed by atoms with van der Waals surface area (Å²) in [5.74, 6) is 0.957. The van der Waals surface area contributed by atoms with Crippen molar-refractivity contribution in [3.8, 4) is 0 Å². The first-order valence-corrected chi connectivity index (χ1v) is 8.68. The Morgan fingerprint density at radius 3 is 2.73 bits per heavy atom. The highest BCUT2D eigenvalue weighted by atomic mass is 16.2. The zero-order valence-corrected chi connectivity index (χ0v) is 14.9. The molecule has 0 radical (unpaired) electrons. The standard InChI is InChI=1S/C18H21N7O/c1-23-12-20-10-16(23)18(26)24(2)13-4-7-25(8-5-13)17-14-3-6-19-9-15(14)21-11-22-17/h3,6,9-13H,4-5,7-8H2,1-2H3. The molecule has 3 aromatic rings. The number of aryl methyl sites for hydroxylation is 1. The number of pyridine rings is 1.